The molecule has 3 heterocycles. The van der Waals surface area contributed by atoms with Crippen molar-refractivity contribution in [3.63, 3.8) is 0 Å². The normalized spacial score (nSPS) is 17.1. The Balaban J connectivity index is 1.49. The number of hydrogen-bond donors (Lipinski definition) is 0. The lowest BCUT2D eigenvalue weighted by molar-refractivity contribution is -0.137. The molecule has 0 amide bonds. The number of ether oxygens (including phenoxy) is 1. The molecular weight excluding hydrogens is 405 g/mol. The molecule has 1 saturated heterocycles. The SMILES string of the molecule is COc1ccc(C2=[N+]=C(N3CCN(c4ccc(C(F)(F)F)cn4)CC3)C(C)=C2C)cc1. The third-order valence-corrected chi connectivity index (χ3v) is 5.81. The summed E-state index contributed by atoms with van der Waals surface area (Å²) in [7, 11) is 1.64. The molecule has 0 spiro atoms. The van der Waals surface area contributed by atoms with Gasteiger partial charge in [-0.2, -0.15) is 13.2 Å². The minimum absolute atomic E-state index is 0.565. The second-order valence-corrected chi connectivity index (χ2v) is 7.64. The fourth-order valence-corrected chi connectivity index (χ4v) is 3.84. The van der Waals surface area contributed by atoms with Crippen LogP contribution in [0.5, 0.6) is 5.75 Å². The van der Waals surface area contributed by atoms with Crippen LogP contribution in [0.15, 0.2) is 53.7 Å². The zero-order chi connectivity index (χ0) is 22.2. The fourth-order valence-electron chi connectivity index (χ4n) is 3.84. The molecule has 1 fully saturated rings. The van der Waals surface area contributed by atoms with Gasteiger partial charge in [0.2, 0.25) is 5.71 Å². The van der Waals surface area contributed by atoms with E-state index in [2.05, 4.69) is 23.7 Å². The summed E-state index contributed by atoms with van der Waals surface area (Å²) in [5, 5.41) is 0. The van der Waals surface area contributed by atoms with Crippen LogP contribution < -0.4 is 14.3 Å². The number of anilines is 1. The van der Waals surface area contributed by atoms with E-state index in [0.29, 0.717) is 18.9 Å². The monoisotopic (exact) mass is 429 g/mol. The van der Waals surface area contributed by atoms with Crippen LogP contribution in [0.25, 0.3) is 0 Å². The van der Waals surface area contributed by atoms with E-state index in [4.69, 9.17) is 9.40 Å². The summed E-state index contributed by atoms with van der Waals surface area (Å²) in [6.07, 6.45) is -3.47. The van der Waals surface area contributed by atoms with Crippen LogP contribution in [0.2, 0.25) is 0 Å². The summed E-state index contributed by atoms with van der Waals surface area (Å²) in [6, 6.07) is 10.4. The van der Waals surface area contributed by atoms with Gasteiger partial charge in [-0.15, -0.1) is 0 Å². The molecule has 1 aromatic carbocycles. The third kappa shape index (κ3) is 4.16. The number of methoxy groups -OCH3 is 1. The summed E-state index contributed by atoms with van der Waals surface area (Å²) >= 11 is 0. The topological polar surface area (TPSA) is 42.7 Å². The van der Waals surface area contributed by atoms with Crippen molar-refractivity contribution in [2.75, 3.05) is 38.2 Å². The van der Waals surface area contributed by atoms with Crippen LogP contribution in [0.1, 0.15) is 25.0 Å². The smallest absolute Gasteiger partial charge is 0.417 e. The molecule has 0 unspecified atom stereocenters. The quantitative estimate of drug-likeness (QED) is 0.700. The van der Waals surface area contributed by atoms with Gasteiger partial charge in [-0.3, -0.25) is 0 Å². The Labute approximate surface area is 179 Å². The van der Waals surface area contributed by atoms with Crippen molar-refractivity contribution in [3.8, 4) is 5.75 Å². The maximum Gasteiger partial charge on any atom is 0.417 e. The van der Waals surface area contributed by atoms with Gasteiger partial charge in [-0.25, -0.2) is 14.6 Å². The Bertz CT molecular complexity index is 1060. The van der Waals surface area contributed by atoms with Crippen LogP contribution in [-0.4, -0.2) is 54.7 Å². The first-order valence-electron chi connectivity index (χ1n) is 10.1. The van der Waals surface area contributed by atoms with Crippen molar-refractivity contribution in [1.82, 2.24) is 14.6 Å². The second-order valence-electron chi connectivity index (χ2n) is 7.64. The molecule has 2 aliphatic rings. The molecule has 162 valence electrons. The third-order valence-electron chi connectivity index (χ3n) is 5.81. The van der Waals surface area contributed by atoms with Gasteiger partial charge in [0.1, 0.15) is 24.7 Å². The Morgan fingerprint density at radius 2 is 1.55 bits per heavy atom. The standard InChI is InChI=1S/C23H24F3N4O/c1-15-16(2)22(28-21(15)17-4-7-19(31-3)8-5-17)30-12-10-29(11-13-30)20-9-6-18(14-27-20)23(24,25)26/h4-9,14H,10-13H2,1-3H3/q+1. The molecule has 4 rings (SSSR count). The molecule has 31 heavy (non-hydrogen) atoms. The number of amidine groups is 1. The van der Waals surface area contributed by atoms with Gasteiger partial charge in [0.05, 0.1) is 31.3 Å². The van der Waals surface area contributed by atoms with Gasteiger partial charge in [0.15, 0.2) is 0 Å². The highest BCUT2D eigenvalue weighted by atomic mass is 19.4. The van der Waals surface area contributed by atoms with Crippen molar-refractivity contribution in [2.45, 2.75) is 20.0 Å². The highest BCUT2D eigenvalue weighted by Gasteiger charge is 2.35. The molecule has 0 radical (unpaired) electrons. The zero-order valence-electron chi connectivity index (χ0n) is 17.7. The average molecular weight is 429 g/mol. The highest BCUT2D eigenvalue weighted by Crippen LogP contribution is 2.29. The minimum Gasteiger partial charge on any atom is -0.497 e. The predicted octanol–water partition coefficient (Wildman–Crippen LogP) is 3.54. The van der Waals surface area contributed by atoms with Gasteiger partial charge < -0.3 is 9.64 Å². The Morgan fingerprint density at radius 1 is 0.903 bits per heavy atom. The van der Waals surface area contributed by atoms with E-state index in [1.807, 2.05) is 29.2 Å². The van der Waals surface area contributed by atoms with Crippen LogP contribution in [0.4, 0.5) is 19.0 Å². The molecule has 0 saturated carbocycles. The molecular formula is C23H24F3N4O+. The lowest BCUT2D eigenvalue weighted by atomic mass is 10.0. The van der Waals surface area contributed by atoms with Crippen molar-refractivity contribution in [3.05, 3.63) is 64.9 Å². The first-order valence-corrected chi connectivity index (χ1v) is 10.1. The number of rotatable bonds is 3. The number of nitrogens with zero attached hydrogens (tertiary/aromatic N) is 4. The van der Waals surface area contributed by atoms with Crippen LogP contribution in [0.3, 0.4) is 0 Å². The summed E-state index contributed by atoms with van der Waals surface area (Å²) < 4.78 is 48.4. The van der Waals surface area contributed by atoms with Gasteiger partial charge in [-0.1, -0.05) is 0 Å². The van der Waals surface area contributed by atoms with E-state index in [1.165, 1.54) is 6.07 Å². The number of aromatic nitrogens is 1. The summed E-state index contributed by atoms with van der Waals surface area (Å²) in [5.74, 6) is 2.33. The first-order chi connectivity index (χ1) is 14.8. The van der Waals surface area contributed by atoms with E-state index >= 15 is 0 Å². The van der Waals surface area contributed by atoms with E-state index in [1.54, 1.807) is 7.11 Å². The molecule has 0 atom stereocenters. The largest absolute Gasteiger partial charge is 0.497 e. The van der Waals surface area contributed by atoms with E-state index in [9.17, 15) is 13.2 Å². The number of pyridine rings is 1. The van der Waals surface area contributed by atoms with Crippen molar-refractivity contribution in [1.29, 1.82) is 0 Å². The van der Waals surface area contributed by atoms with Crippen molar-refractivity contribution in [2.24, 2.45) is 0 Å². The Kier molecular flexibility index (Phi) is 5.50. The van der Waals surface area contributed by atoms with Gasteiger partial charge in [-0.05, 0) is 50.2 Å². The lowest BCUT2D eigenvalue weighted by Crippen LogP contribution is -2.49. The number of hydrogen-bond acceptors (Lipinski definition) is 4. The van der Waals surface area contributed by atoms with Crippen LogP contribution in [0, 0.1) is 0 Å². The molecule has 5 nitrogen and oxygen atoms in total. The van der Waals surface area contributed by atoms with Crippen molar-refractivity contribution < 1.29 is 17.9 Å². The fraction of sp³-hybridized carbons (Fsp3) is 0.348. The predicted molar refractivity (Wildman–Crippen MR) is 116 cm³/mol. The molecule has 0 N–H and O–H groups in total. The summed E-state index contributed by atoms with van der Waals surface area (Å²) in [6.45, 7) is 6.94. The molecule has 0 bridgehead atoms. The Morgan fingerprint density at radius 3 is 2.10 bits per heavy atom. The zero-order valence-corrected chi connectivity index (χ0v) is 17.7. The van der Waals surface area contributed by atoms with Crippen LogP contribution in [-0.2, 0) is 6.18 Å². The van der Waals surface area contributed by atoms with Crippen molar-refractivity contribution >= 4 is 17.4 Å². The molecule has 1 aromatic heterocycles. The van der Waals surface area contributed by atoms with E-state index < -0.39 is 11.7 Å². The first kappa shape index (κ1) is 21.0. The number of benzene rings is 1. The van der Waals surface area contributed by atoms with Crippen LogP contribution >= 0.6 is 0 Å². The van der Waals surface area contributed by atoms with E-state index in [0.717, 1.165) is 59.4 Å². The van der Waals surface area contributed by atoms with Gasteiger partial charge >= 0.3 is 12.0 Å². The Hall–Kier alpha value is -3.25. The van der Waals surface area contributed by atoms with E-state index in [-0.39, 0.29) is 0 Å². The maximum absolute atomic E-state index is 12.8. The second kappa shape index (κ2) is 8.12. The maximum atomic E-state index is 12.8. The summed E-state index contributed by atoms with van der Waals surface area (Å²) in [5.41, 5.74) is 3.56. The average Bonchev–Trinajstić information content (AvgIpc) is 3.08. The number of halogens is 3. The molecule has 2 aliphatic heterocycles. The number of piperazine rings is 1. The van der Waals surface area contributed by atoms with Gasteiger partial charge in [0, 0.05) is 17.3 Å². The summed E-state index contributed by atoms with van der Waals surface area (Å²) in [4.78, 5) is 8.26. The lowest BCUT2D eigenvalue weighted by Gasteiger charge is -2.31. The van der Waals surface area contributed by atoms with Gasteiger partial charge in [0.25, 0.3) is 0 Å². The highest BCUT2D eigenvalue weighted by molar-refractivity contribution is 6.22. The molecule has 2 aromatic rings. The number of allylic oxidation sites excluding steroid dienone is 1. The molecule has 8 heteroatoms. The molecule has 0 aliphatic carbocycles. The minimum atomic E-state index is -4.37. The number of alkyl halides is 3.